The highest BCUT2D eigenvalue weighted by atomic mass is 16.3. The summed E-state index contributed by atoms with van der Waals surface area (Å²) in [6.07, 6.45) is 3.63. The van der Waals surface area contributed by atoms with E-state index in [0.717, 1.165) is 18.5 Å². The van der Waals surface area contributed by atoms with Crippen molar-refractivity contribution in [2.24, 2.45) is 11.7 Å². The molecule has 0 aromatic heterocycles. The lowest BCUT2D eigenvalue weighted by molar-refractivity contribution is 0.157. The molecule has 0 rings (SSSR count). The monoisotopic (exact) mass is 157 g/mol. The quantitative estimate of drug-likeness (QED) is 0.651. The van der Waals surface area contributed by atoms with Crippen LogP contribution in [0.5, 0.6) is 0 Å². The van der Waals surface area contributed by atoms with Gasteiger partial charge in [0.15, 0.2) is 0 Å². The average molecular weight is 157 g/mol. The molecule has 0 aromatic rings. The van der Waals surface area contributed by atoms with Crippen LogP contribution in [-0.2, 0) is 0 Å². The van der Waals surface area contributed by atoms with E-state index < -0.39 is 0 Å². The van der Waals surface area contributed by atoms with Gasteiger partial charge in [-0.1, -0.05) is 26.3 Å². The van der Waals surface area contributed by atoms with Crippen LogP contribution in [0.3, 0.4) is 0 Å². The Labute approximate surface area is 69.1 Å². The molecule has 0 aliphatic rings. The highest BCUT2D eigenvalue weighted by molar-refractivity contribution is 4.99. The lowest BCUT2D eigenvalue weighted by atomic mass is 10.0. The lowest BCUT2D eigenvalue weighted by Gasteiger charge is -2.10. The number of hydrogen-bond donors (Lipinski definition) is 2. The molecule has 2 nitrogen and oxygen atoms in total. The van der Waals surface area contributed by atoms with Crippen LogP contribution >= 0.6 is 0 Å². The van der Waals surface area contributed by atoms with Crippen LogP contribution in [0, 0.1) is 5.92 Å². The van der Waals surface area contributed by atoms with Gasteiger partial charge in [0.2, 0.25) is 0 Å². The van der Waals surface area contributed by atoms with Gasteiger partial charge in [0.1, 0.15) is 0 Å². The highest BCUT2D eigenvalue weighted by Crippen LogP contribution is 2.07. The summed E-state index contributed by atoms with van der Waals surface area (Å²) in [5, 5.41) is 9.14. The summed E-state index contributed by atoms with van der Waals surface area (Å²) < 4.78 is 0. The molecular weight excluding hydrogens is 138 g/mol. The maximum Gasteiger partial charge on any atom is 0.0572 e. The summed E-state index contributed by atoms with van der Waals surface area (Å²) in [5.41, 5.74) is 6.56. The molecule has 66 valence electrons. The molecule has 2 unspecified atom stereocenters. The van der Waals surface area contributed by atoms with E-state index in [1.54, 1.807) is 6.92 Å². The predicted octanol–water partition coefficient (Wildman–Crippen LogP) is 1.65. The van der Waals surface area contributed by atoms with E-state index >= 15 is 0 Å². The second kappa shape index (κ2) is 5.19. The van der Waals surface area contributed by atoms with Crippen molar-refractivity contribution in [1.29, 1.82) is 0 Å². The fourth-order valence-corrected chi connectivity index (χ4v) is 0.849. The number of nitrogens with two attached hydrogens (primary N) is 1. The van der Waals surface area contributed by atoms with Crippen LogP contribution in [-0.4, -0.2) is 11.2 Å². The van der Waals surface area contributed by atoms with Gasteiger partial charge >= 0.3 is 0 Å². The van der Waals surface area contributed by atoms with Crippen molar-refractivity contribution in [1.82, 2.24) is 0 Å². The van der Waals surface area contributed by atoms with Crippen molar-refractivity contribution in [2.75, 3.05) is 0 Å². The van der Waals surface area contributed by atoms with Gasteiger partial charge in [0, 0.05) is 11.6 Å². The summed E-state index contributed by atoms with van der Waals surface area (Å²) in [6, 6.07) is 0. The standard InChI is InChI=1S/C9H19NO/c1-4-5-9(10)6-7(2)8(3)11/h6-8,11H,4-5,10H2,1-3H3/b9-6+. The first-order chi connectivity index (χ1) is 5.07. The summed E-state index contributed by atoms with van der Waals surface area (Å²) >= 11 is 0. The molecule has 0 bridgehead atoms. The molecule has 2 atom stereocenters. The van der Waals surface area contributed by atoms with E-state index in [0.29, 0.717) is 0 Å². The minimum atomic E-state index is -0.301. The number of aliphatic hydroxyl groups excluding tert-OH is 1. The van der Waals surface area contributed by atoms with Crippen LogP contribution in [0.15, 0.2) is 11.8 Å². The van der Waals surface area contributed by atoms with Gasteiger partial charge in [-0.05, 0) is 13.3 Å². The van der Waals surface area contributed by atoms with E-state index in [1.807, 2.05) is 13.0 Å². The second-order valence-electron chi connectivity index (χ2n) is 3.09. The first-order valence-electron chi connectivity index (χ1n) is 4.22. The normalized spacial score (nSPS) is 18.0. The zero-order chi connectivity index (χ0) is 8.85. The van der Waals surface area contributed by atoms with Gasteiger partial charge in [0.25, 0.3) is 0 Å². The average Bonchev–Trinajstić information content (AvgIpc) is 1.87. The Balaban J connectivity index is 3.86. The molecule has 0 aliphatic heterocycles. The van der Waals surface area contributed by atoms with Crippen LogP contribution in [0.2, 0.25) is 0 Å². The second-order valence-corrected chi connectivity index (χ2v) is 3.09. The first kappa shape index (κ1) is 10.5. The zero-order valence-electron chi connectivity index (χ0n) is 7.67. The molecule has 0 saturated heterocycles. The maximum absolute atomic E-state index is 9.14. The predicted molar refractivity (Wildman–Crippen MR) is 48.0 cm³/mol. The first-order valence-corrected chi connectivity index (χ1v) is 4.22. The van der Waals surface area contributed by atoms with E-state index in [4.69, 9.17) is 10.8 Å². The van der Waals surface area contributed by atoms with Crippen molar-refractivity contribution in [2.45, 2.75) is 39.7 Å². The highest BCUT2D eigenvalue weighted by Gasteiger charge is 2.04. The van der Waals surface area contributed by atoms with Crippen LogP contribution in [0.1, 0.15) is 33.6 Å². The molecule has 0 aliphatic carbocycles. The SMILES string of the molecule is CCC/C(N)=C\C(C)C(C)O. The van der Waals surface area contributed by atoms with Crippen LogP contribution in [0.25, 0.3) is 0 Å². The van der Waals surface area contributed by atoms with Crippen molar-refractivity contribution in [3.63, 3.8) is 0 Å². The lowest BCUT2D eigenvalue weighted by Crippen LogP contribution is -2.12. The minimum Gasteiger partial charge on any atom is -0.402 e. The molecule has 2 heteroatoms. The fourth-order valence-electron chi connectivity index (χ4n) is 0.849. The molecular formula is C9H19NO. The van der Waals surface area contributed by atoms with E-state index in [1.165, 1.54) is 0 Å². The molecule has 0 fully saturated rings. The number of allylic oxidation sites excluding steroid dienone is 1. The third kappa shape index (κ3) is 4.85. The molecule has 0 saturated carbocycles. The Bertz CT molecular complexity index is 130. The van der Waals surface area contributed by atoms with E-state index in [9.17, 15) is 0 Å². The van der Waals surface area contributed by atoms with Crippen molar-refractivity contribution >= 4 is 0 Å². The van der Waals surface area contributed by atoms with Gasteiger partial charge in [-0.3, -0.25) is 0 Å². The minimum absolute atomic E-state index is 0.168. The van der Waals surface area contributed by atoms with Crippen LogP contribution < -0.4 is 5.73 Å². The van der Waals surface area contributed by atoms with E-state index in [2.05, 4.69) is 6.92 Å². The maximum atomic E-state index is 9.14. The van der Waals surface area contributed by atoms with Gasteiger partial charge in [-0.25, -0.2) is 0 Å². The molecule has 0 heterocycles. The molecule has 11 heavy (non-hydrogen) atoms. The summed E-state index contributed by atoms with van der Waals surface area (Å²) in [6.45, 7) is 5.83. The third-order valence-corrected chi connectivity index (χ3v) is 1.78. The smallest absolute Gasteiger partial charge is 0.0572 e. The Morgan fingerprint density at radius 1 is 1.55 bits per heavy atom. The number of aliphatic hydroxyl groups is 1. The molecule has 0 radical (unpaired) electrons. The Hall–Kier alpha value is -0.500. The van der Waals surface area contributed by atoms with Crippen molar-refractivity contribution in [3.05, 3.63) is 11.8 Å². The summed E-state index contributed by atoms with van der Waals surface area (Å²) in [5.74, 6) is 0.168. The van der Waals surface area contributed by atoms with Crippen molar-refractivity contribution in [3.8, 4) is 0 Å². The Morgan fingerprint density at radius 2 is 2.09 bits per heavy atom. The summed E-state index contributed by atoms with van der Waals surface area (Å²) in [7, 11) is 0. The van der Waals surface area contributed by atoms with Crippen LogP contribution in [0.4, 0.5) is 0 Å². The Morgan fingerprint density at radius 3 is 2.45 bits per heavy atom. The van der Waals surface area contributed by atoms with Crippen molar-refractivity contribution < 1.29 is 5.11 Å². The molecule has 0 amide bonds. The van der Waals surface area contributed by atoms with E-state index in [-0.39, 0.29) is 12.0 Å². The third-order valence-electron chi connectivity index (χ3n) is 1.78. The molecule has 3 N–H and O–H groups in total. The topological polar surface area (TPSA) is 46.2 Å². The Kier molecular flexibility index (Phi) is 4.95. The molecule has 0 spiro atoms. The fraction of sp³-hybridized carbons (Fsp3) is 0.778. The van der Waals surface area contributed by atoms with Gasteiger partial charge in [0.05, 0.1) is 6.10 Å². The number of hydrogen-bond acceptors (Lipinski definition) is 2. The van der Waals surface area contributed by atoms with Gasteiger partial charge < -0.3 is 10.8 Å². The summed E-state index contributed by atoms with van der Waals surface area (Å²) in [4.78, 5) is 0. The van der Waals surface area contributed by atoms with Gasteiger partial charge in [-0.15, -0.1) is 0 Å². The largest absolute Gasteiger partial charge is 0.402 e. The zero-order valence-corrected chi connectivity index (χ0v) is 7.67. The van der Waals surface area contributed by atoms with Gasteiger partial charge in [-0.2, -0.15) is 0 Å². The molecule has 0 aromatic carbocycles. The number of rotatable bonds is 4.